The zero-order chi connectivity index (χ0) is 12.3. The highest BCUT2D eigenvalue weighted by Crippen LogP contribution is 2.25. The van der Waals surface area contributed by atoms with Crippen molar-refractivity contribution < 1.29 is 18.7 Å². The topological polar surface area (TPSA) is 35.5 Å². The van der Waals surface area contributed by atoms with Crippen LogP contribution in [0.4, 0.5) is 4.39 Å². The molecule has 1 aromatic rings. The molecule has 0 aliphatic carbocycles. The van der Waals surface area contributed by atoms with Gasteiger partial charge in [-0.3, -0.25) is 4.79 Å². The molecule has 3 nitrogen and oxygen atoms in total. The van der Waals surface area contributed by atoms with Crippen molar-refractivity contribution >= 4 is 5.78 Å². The summed E-state index contributed by atoms with van der Waals surface area (Å²) in [6.07, 6.45) is 1.32. The van der Waals surface area contributed by atoms with Gasteiger partial charge in [0.05, 0.1) is 12.7 Å². The minimum absolute atomic E-state index is 0.114. The van der Waals surface area contributed by atoms with E-state index in [2.05, 4.69) is 0 Å². The number of rotatable bonds is 3. The summed E-state index contributed by atoms with van der Waals surface area (Å²) >= 11 is 0. The lowest BCUT2D eigenvalue weighted by Crippen LogP contribution is -2.24. The van der Waals surface area contributed by atoms with E-state index >= 15 is 0 Å². The molecule has 0 unspecified atom stereocenters. The first-order valence-corrected chi connectivity index (χ1v) is 5.68. The molecule has 1 aromatic carbocycles. The van der Waals surface area contributed by atoms with Crippen LogP contribution in [-0.4, -0.2) is 26.1 Å². The number of carbonyl (C=O) groups is 1. The molecular formula is C13H15FO3. The molecule has 0 aromatic heterocycles. The van der Waals surface area contributed by atoms with Crippen molar-refractivity contribution in [2.45, 2.75) is 12.8 Å². The van der Waals surface area contributed by atoms with E-state index in [9.17, 15) is 9.18 Å². The van der Waals surface area contributed by atoms with Gasteiger partial charge < -0.3 is 9.47 Å². The number of hydrogen-bond donors (Lipinski definition) is 0. The van der Waals surface area contributed by atoms with Crippen molar-refractivity contribution in [3.63, 3.8) is 0 Å². The van der Waals surface area contributed by atoms with Gasteiger partial charge >= 0.3 is 0 Å². The minimum Gasteiger partial charge on any atom is -0.494 e. The van der Waals surface area contributed by atoms with Crippen LogP contribution < -0.4 is 4.74 Å². The maximum Gasteiger partial charge on any atom is 0.175 e. The number of ketones is 1. The Morgan fingerprint density at radius 2 is 2.12 bits per heavy atom. The molecule has 1 aliphatic rings. The van der Waals surface area contributed by atoms with Crippen molar-refractivity contribution in [3.8, 4) is 5.75 Å². The van der Waals surface area contributed by atoms with Crippen LogP contribution >= 0.6 is 0 Å². The van der Waals surface area contributed by atoms with Crippen LogP contribution in [-0.2, 0) is 4.74 Å². The van der Waals surface area contributed by atoms with Gasteiger partial charge in [-0.1, -0.05) is 6.07 Å². The summed E-state index contributed by atoms with van der Waals surface area (Å²) in [4.78, 5) is 12.1. The maximum atomic E-state index is 13.9. The van der Waals surface area contributed by atoms with Gasteiger partial charge in [-0.2, -0.15) is 0 Å². The number of halogens is 1. The lowest BCUT2D eigenvalue weighted by Gasteiger charge is -2.21. The van der Waals surface area contributed by atoms with Crippen molar-refractivity contribution in [1.82, 2.24) is 0 Å². The van der Waals surface area contributed by atoms with Crippen LogP contribution in [0.25, 0.3) is 0 Å². The Balaban J connectivity index is 2.23. The molecule has 1 aliphatic heterocycles. The van der Waals surface area contributed by atoms with Crippen LogP contribution in [0.5, 0.6) is 5.75 Å². The highest BCUT2D eigenvalue weighted by molar-refractivity contribution is 5.98. The number of benzene rings is 1. The van der Waals surface area contributed by atoms with Crippen molar-refractivity contribution in [3.05, 3.63) is 29.6 Å². The second-order valence-electron chi connectivity index (χ2n) is 4.07. The minimum atomic E-state index is -0.563. The predicted octanol–water partition coefficient (Wildman–Crippen LogP) is 2.44. The van der Waals surface area contributed by atoms with Crippen LogP contribution in [0.1, 0.15) is 23.2 Å². The summed E-state index contributed by atoms with van der Waals surface area (Å²) in [5.41, 5.74) is 0.122. The Bertz CT molecular complexity index is 411. The summed E-state index contributed by atoms with van der Waals surface area (Å²) in [6, 6.07) is 4.65. The lowest BCUT2D eigenvalue weighted by atomic mass is 9.90. The number of methoxy groups -OCH3 is 1. The molecule has 2 rings (SSSR count). The normalized spacial score (nSPS) is 16.8. The van der Waals surface area contributed by atoms with Crippen molar-refractivity contribution in [2.24, 2.45) is 5.92 Å². The number of Topliss-reactive ketones (excluding diaryl/α,β-unsaturated/α-hetero) is 1. The van der Waals surface area contributed by atoms with Gasteiger partial charge in [-0.25, -0.2) is 4.39 Å². The third kappa shape index (κ3) is 2.47. The average Bonchev–Trinajstić information content (AvgIpc) is 2.39. The first kappa shape index (κ1) is 12.0. The molecule has 0 N–H and O–H groups in total. The van der Waals surface area contributed by atoms with Gasteiger partial charge in [0.15, 0.2) is 17.3 Å². The fraction of sp³-hybridized carbons (Fsp3) is 0.462. The fourth-order valence-corrected chi connectivity index (χ4v) is 2.04. The molecule has 1 fully saturated rings. The van der Waals surface area contributed by atoms with E-state index < -0.39 is 5.82 Å². The highest BCUT2D eigenvalue weighted by Gasteiger charge is 2.25. The van der Waals surface area contributed by atoms with E-state index in [4.69, 9.17) is 9.47 Å². The summed E-state index contributed by atoms with van der Waals surface area (Å²) in [7, 11) is 1.39. The highest BCUT2D eigenvalue weighted by atomic mass is 19.1. The number of carbonyl (C=O) groups excluding carboxylic acids is 1. The molecule has 0 bridgehead atoms. The third-order valence-electron chi connectivity index (χ3n) is 3.04. The summed E-state index contributed by atoms with van der Waals surface area (Å²) < 4.78 is 24.0. The summed E-state index contributed by atoms with van der Waals surface area (Å²) in [5.74, 6) is -0.732. The van der Waals surface area contributed by atoms with E-state index in [1.165, 1.54) is 19.2 Å². The maximum absolute atomic E-state index is 13.9. The first-order valence-electron chi connectivity index (χ1n) is 5.68. The SMILES string of the molecule is COc1cccc(C(=O)C2CCOCC2)c1F. The summed E-state index contributed by atoms with van der Waals surface area (Å²) in [5, 5.41) is 0. The molecule has 1 saturated heterocycles. The molecule has 17 heavy (non-hydrogen) atoms. The molecule has 1 heterocycles. The number of ether oxygens (including phenoxy) is 2. The predicted molar refractivity (Wildman–Crippen MR) is 60.8 cm³/mol. The number of hydrogen-bond acceptors (Lipinski definition) is 3. The molecular weight excluding hydrogens is 223 g/mol. The van der Waals surface area contributed by atoms with Gasteiger partial charge in [0.25, 0.3) is 0 Å². The van der Waals surface area contributed by atoms with Gasteiger partial charge in [0, 0.05) is 19.1 Å². The molecule has 0 atom stereocenters. The van der Waals surface area contributed by atoms with E-state index in [0.29, 0.717) is 26.1 Å². The molecule has 4 heteroatoms. The van der Waals surface area contributed by atoms with E-state index in [1.54, 1.807) is 6.07 Å². The molecule has 0 saturated carbocycles. The second-order valence-corrected chi connectivity index (χ2v) is 4.07. The van der Waals surface area contributed by atoms with Crippen molar-refractivity contribution in [2.75, 3.05) is 20.3 Å². The summed E-state index contributed by atoms with van der Waals surface area (Å²) in [6.45, 7) is 1.14. The smallest absolute Gasteiger partial charge is 0.175 e. The quantitative estimate of drug-likeness (QED) is 0.759. The fourth-order valence-electron chi connectivity index (χ4n) is 2.04. The van der Waals surface area contributed by atoms with Gasteiger partial charge in [0.1, 0.15) is 0 Å². The zero-order valence-electron chi connectivity index (χ0n) is 9.74. The van der Waals surface area contributed by atoms with Crippen LogP contribution in [0.3, 0.4) is 0 Å². The van der Waals surface area contributed by atoms with Crippen molar-refractivity contribution in [1.29, 1.82) is 0 Å². The van der Waals surface area contributed by atoms with Crippen LogP contribution in [0.15, 0.2) is 18.2 Å². The Morgan fingerprint density at radius 3 is 2.76 bits per heavy atom. The molecule has 0 radical (unpaired) electrons. The largest absolute Gasteiger partial charge is 0.494 e. The van der Waals surface area contributed by atoms with E-state index in [-0.39, 0.29) is 23.0 Å². The first-order chi connectivity index (χ1) is 8.24. The standard InChI is InChI=1S/C13H15FO3/c1-16-11-4-2-3-10(12(11)14)13(15)9-5-7-17-8-6-9/h2-4,9H,5-8H2,1H3. The van der Waals surface area contributed by atoms with Crippen LogP contribution in [0.2, 0.25) is 0 Å². The Kier molecular flexibility index (Phi) is 3.74. The Hall–Kier alpha value is -1.42. The zero-order valence-corrected chi connectivity index (χ0v) is 9.74. The van der Waals surface area contributed by atoms with Crippen LogP contribution in [0, 0.1) is 11.7 Å². The molecule has 92 valence electrons. The third-order valence-corrected chi connectivity index (χ3v) is 3.04. The Labute approximate surface area is 99.5 Å². The second kappa shape index (κ2) is 5.27. The average molecular weight is 238 g/mol. The Morgan fingerprint density at radius 1 is 1.41 bits per heavy atom. The van der Waals surface area contributed by atoms with Gasteiger partial charge in [-0.05, 0) is 25.0 Å². The molecule has 0 spiro atoms. The monoisotopic (exact) mass is 238 g/mol. The van der Waals surface area contributed by atoms with Gasteiger partial charge in [0.2, 0.25) is 0 Å². The van der Waals surface area contributed by atoms with Gasteiger partial charge in [-0.15, -0.1) is 0 Å². The van der Waals surface area contributed by atoms with E-state index in [1.807, 2.05) is 0 Å². The lowest BCUT2D eigenvalue weighted by molar-refractivity contribution is 0.0542. The van der Waals surface area contributed by atoms with E-state index in [0.717, 1.165) is 0 Å². The molecule has 0 amide bonds.